The van der Waals surface area contributed by atoms with E-state index < -0.39 is 206 Å². The number of carbonyl (C=O) groups is 6. The van der Waals surface area contributed by atoms with Gasteiger partial charge in [-0.2, -0.15) is 57.5 Å². The molecule has 8 heterocycles. The van der Waals surface area contributed by atoms with Crippen molar-refractivity contribution < 1.29 is 129 Å². The number of aliphatic hydroxyl groups excluding tert-OH is 6. The minimum Gasteiger partial charge on any atom is -0.456 e. The number of benzene rings is 2. The fourth-order valence-corrected chi connectivity index (χ4v) is 16.1. The van der Waals surface area contributed by atoms with Gasteiger partial charge in [-0.1, -0.05) is 121 Å². The van der Waals surface area contributed by atoms with Gasteiger partial charge in [-0.3, -0.25) is 48.3 Å². The number of carbonyl (C=O) groups excluding carboxylic acids is 6. The minimum absolute atomic E-state index is 0. The van der Waals surface area contributed by atoms with E-state index in [2.05, 4.69) is 48.9 Å². The molecule has 126 heavy (non-hydrogen) atoms. The van der Waals surface area contributed by atoms with Gasteiger partial charge in [0.2, 0.25) is 0 Å². The van der Waals surface area contributed by atoms with Crippen LogP contribution < -0.4 is 49.9 Å². The summed E-state index contributed by atoms with van der Waals surface area (Å²) in [6.07, 6.45) is -13.0. The Hall–Kier alpha value is -10.4. The van der Waals surface area contributed by atoms with E-state index in [4.69, 9.17) is 68.7 Å². The molecule has 6 aromatic rings. The number of aromatic amines is 2. The van der Waals surface area contributed by atoms with Crippen LogP contribution in [0.25, 0.3) is 0 Å². The molecule has 0 spiro atoms. The second kappa shape index (κ2) is 48.0. The molecule has 4 saturated heterocycles. The Balaban J connectivity index is 0.000000415. The molecule has 2 aromatic carbocycles. The molecule has 0 amide bonds. The van der Waals surface area contributed by atoms with E-state index in [0.717, 1.165) is 61.1 Å². The Morgan fingerprint density at radius 3 is 1.06 bits per heavy atom. The minimum atomic E-state index is -4.43. The van der Waals surface area contributed by atoms with Crippen molar-refractivity contribution in [2.24, 2.45) is 0 Å². The van der Waals surface area contributed by atoms with Gasteiger partial charge in [-0.05, 0) is 81.7 Å². The summed E-state index contributed by atoms with van der Waals surface area (Å²) in [5.74, 6) is -3.69. The summed E-state index contributed by atoms with van der Waals surface area (Å²) in [6.45, 7) is 33.6. The topological polar surface area (TPSA) is 708 Å². The highest BCUT2D eigenvalue weighted by Crippen LogP contribution is 2.41. The van der Waals surface area contributed by atoms with E-state index >= 15 is 0 Å². The number of ether oxygens (including phenoxy) is 9. The number of nitrogens with two attached hydrogens (primary N) is 1. The van der Waals surface area contributed by atoms with Crippen molar-refractivity contribution in [3.8, 4) is 5.88 Å². The molecule has 4 aliphatic heterocycles. The number of esters is 6. The van der Waals surface area contributed by atoms with Crippen molar-refractivity contribution in [2.45, 2.75) is 295 Å². The largest absolute Gasteiger partial charge is 0.456 e. The third-order valence-corrected chi connectivity index (χ3v) is 21.4. The fraction of sp³-hybridized carbons (Fsp3) is 0.605. The van der Waals surface area contributed by atoms with Crippen molar-refractivity contribution in [2.75, 3.05) is 18.9 Å². The molecule has 0 radical (unpaired) electrons. The lowest BCUT2D eigenvalue weighted by molar-refractivity contribution is -0.165. The van der Waals surface area contributed by atoms with Crippen molar-refractivity contribution in [1.29, 1.82) is 0 Å². The van der Waals surface area contributed by atoms with Gasteiger partial charge in [0.15, 0.2) is 49.3 Å². The first-order valence-corrected chi connectivity index (χ1v) is 42.6. The summed E-state index contributed by atoms with van der Waals surface area (Å²) in [6, 6.07) is 7.71. The van der Waals surface area contributed by atoms with E-state index in [1.165, 1.54) is 41.5 Å². The number of hydrogen-bond donors (Lipinski definition) is 10. The van der Waals surface area contributed by atoms with Crippen LogP contribution in [0.15, 0.2) is 87.6 Å². The smallest absolute Gasteiger partial charge is 0.369 e. The molecular formula is C76H113ClN14O33S2. The first-order valence-electron chi connectivity index (χ1n) is 38.9. The van der Waals surface area contributed by atoms with Gasteiger partial charge in [0, 0.05) is 52.2 Å². The lowest BCUT2D eigenvalue weighted by atomic mass is 9.89. The number of rotatable bonds is 22. The third-order valence-electron chi connectivity index (χ3n) is 18.6. The van der Waals surface area contributed by atoms with Gasteiger partial charge < -0.3 is 94.8 Å². The molecule has 0 aliphatic carbocycles. The predicted molar refractivity (Wildman–Crippen MR) is 441 cm³/mol. The van der Waals surface area contributed by atoms with Crippen LogP contribution in [0.2, 0.25) is 0 Å². The van der Waals surface area contributed by atoms with Crippen LogP contribution >= 0.6 is 10.7 Å². The molecule has 4 unspecified atom stereocenters. The molecule has 47 nitrogen and oxygen atoms in total. The average Bonchev–Trinajstić information content (AvgIpc) is 1.75. The lowest BCUT2D eigenvalue weighted by Gasteiger charge is -2.23. The number of hydrogen-bond acceptors (Lipinski definition) is 40. The maximum atomic E-state index is 13.7. The van der Waals surface area contributed by atoms with Crippen molar-refractivity contribution in [3.63, 3.8) is 0 Å². The molecule has 4 fully saturated rings. The Bertz CT molecular complexity index is 5280. The van der Waals surface area contributed by atoms with Gasteiger partial charge in [-0.15, -0.1) is 0 Å². The highest BCUT2D eigenvalue weighted by atomic mass is 35.7. The van der Waals surface area contributed by atoms with Crippen LogP contribution in [-0.2, 0) is 90.6 Å². The Morgan fingerprint density at radius 1 is 0.452 bits per heavy atom. The quantitative estimate of drug-likeness (QED) is 0.0148. The van der Waals surface area contributed by atoms with Crippen LogP contribution in [0.4, 0.5) is 5.82 Å². The van der Waals surface area contributed by atoms with Crippen molar-refractivity contribution >= 4 is 71.5 Å². The summed E-state index contributed by atoms with van der Waals surface area (Å²) < 4.78 is 106. The van der Waals surface area contributed by atoms with Crippen LogP contribution in [0.5, 0.6) is 5.88 Å². The molecule has 0 saturated carbocycles. The molecule has 704 valence electrons. The first-order chi connectivity index (χ1) is 57.7. The van der Waals surface area contributed by atoms with Crippen LogP contribution in [-0.4, -0.2) is 234 Å². The summed E-state index contributed by atoms with van der Waals surface area (Å²) in [7, 11) is -2.49. The number of nitrogens with zero attached hydrogens (tertiary/aromatic N) is 10. The van der Waals surface area contributed by atoms with Gasteiger partial charge in [0.1, 0.15) is 78.1 Å². The molecule has 16 atom stereocenters. The number of nitrogens with one attached hydrogen (secondary N) is 2. The normalized spacial score (nSPS) is 22.9. The zero-order chi connectivity index (χ0) is 93.9. The number of aliphatic hydroxyl groups is 6. The zero-order valence-electron chi connectivity index (χ0n) is 72.9. The van der Waals surface area contributed by atoms with E-state index in [1.54, 1.807) is 13.8 Å². The highest BCUT2D eigenvalue weighted by Gasteiger charge is 2.53. The maximum absolute atomic E-state index is 13.7. The van der Waals surface area contributed by atoms with E-state index in [9.17, 15) is 94.8 Å². The molecule has 15 N–H and O–H groups in total. The van der Waals surface area contributed by atoms with Crippen molar-refractivity contribution in [1.82, 2.24) is 65.2 Å². The summed E-state index contributed by atoms with van der Waals surface area (Å²) >= 11 is 0. The molecule has 4 aliphatic rings. The first kappa shape index (κ1) is 110. The van der Waals surface area contributed by atoms with Gasteiger partial charge in [-0.25, -0.2) is 27.6 Å². The van der Waals surface area contributed by atoms with Crippen LogP contribution in [0, 0.1) is 0 Å². The standard InChI is InChI=1S/C28H39N3O9S.C15H23ClO2S.C13H17N3O7.C8H12N4O5.C8H11N3O6.C4H6O3.H3N.H2O/c1-10-22-24(37-17(8)32)25(38-18(9)33)27(39-22)31-28(34)30-23(13-29-31)40-41(35,36)26-20(15(4)5)11-19(14(2)3)12-21(26)16(6)7;1-9(2)12-7-13(10(3)4)15(19(16,17)18)14(8-12)11(5)6;1-4-8-10(21-6(2)17)11(22-7(3)18)12(23-8)16-13(20)15-9(19)5-14-16;9-4-1-10-12(8(16)11-4)7-6(15)5(14)3(2-13)17-7;12-2-3-5(14)6(15)7(17-3)11-8(16)10-4(13)1-9-11;1-3(5)7-4(2)6;;/h11-16,22,24-25,27H,10H2,1-9H3;7-11H,1-6H3;5,8,10-12H,4H2,1-3H3,(H,15,19,20);1,3,5-7,13-15H,2H2,(H2,9,11,16);1,3,5-7,12,14-15H,2H2,(H,10,13,16);1-2H3;1H3;1H2/t22-,24?,25+,27-;;8-,10?,11+,12-;2*3-,5?,6+,7-;;;/m1.111.../s1. The predicted octanol–water partition coefficient (Wildman–Crippen LogP) is 0.842. The average molecular weight is 1850 g/mol. The van der Waals surface area contributed by atoms with E-state index in [1.807, 2.05) is 103 Å². The number of nitrogen functional groups attached to an aromatic ring is 1. The second-order valence-corrected chi connectivity index (χ2v) is 34.2. The van der Waals surface area contributed by atoms with Crippen LogP contribution in [0.1, 0.15) is 245 Å². The second-order valence-electron chi connectivity index (χ2n) is 30.2. The molecular weight excluding hydrogens is 1740 g/mol. The zero-order valence-corrected chi connectivity index (χ0v) is 75.3. The molecule has 4 aromatic heterocycles. The lowest BCUT2D eigenvalue weighted by Crippen LogP contribution is -2.42. The molecule has 10 rings (SSSR count). The molecule has 0 bridgehead atoms. The Morgan fingerprint density at radius 2 is 0.762 bits per heavy atom. The number of aromatic nitrogens is 12. The molecule has 50 heteroatoms. The number of halogens is 1. The van der Waals surface area contributed by atoms with E-state index in [0.29, 0.717) is 39.5 Å². The Labute approximate surface area is 726 Å². The highest BCUT2D eigenvalue weighted by molar-refractivity contribution is 8.13. The monoisotopic (exact) mass is 1850 g/mol. The third kappa shape index (κ3) is 29.1. The number of anilines is 1. The van der Waals surface area contributed by atoms with Gasteiger partial charge in [0.25, 0.3) is 26.0 Å². The summed E-state index contributed by atoms with van der Waals surface area (Å²) in [5, 5.41) is 70.9. The fourth-order valence-electron chi connectivity index (χ4n) is 12.8. The Kier molecular flexibility index (Phi) is 41.8. The SMILES string of the molecule is CC(=O)OC(C)=O.CC(C)c1cc(C(C)C)c(S(=O)(=O)Cl)c(C(C)C)c1.CC[C@H]1O[C@@H](n2ncc(=O)[nH]c2=O)[C@@H](OC(C)=O)C1OC(C)=O.CC[C@H]1O[C@@H](n2ncc(OS(=O)(=O)c3c(C(C)C)cc(C(C)C)cc3C(C)C)nc2=O)[C@@H](OC(C)=O)C1OC(C)=O.N.Nc1cnn([C@@H]2O[C@H](CO)C(O)[C@@H]2O)c(=O)n1.O.O=c1cnn([C@@H]2O[C@H](CO)C(O)[C@@H]2O)c(=O)[nH]1. The van der Waals surface area contributed by atoms with Gasteiger partial charge in [0.05, 0.1) is 24.3 Å². The number of H-pyrrole nitrogens is 2. The summed E-state index contributed by atoms with van der Waals surface area (Å²) in [4.78, 5) is 147. The summed E-state index contributed by atoms with van der Waals surface area (Å²) in [5.41, 5.74) is 5.43. The van der Waals surface area contributed by atoms with Crippen molar-refractivity contribution in [3.05, 3.63) is 145 Å². The maximum Gasteiger partial charge on any atom is 0.369 e. The van der Waals surface area contributed by atoms with E-state index in [-0.39, 0.29) is 51.9 Å². The van der Waals surface area contributed by atoms with Crippen LogP contribution in [0.3, 0.4) is 0 Å². The van der Waals surface area contributed by atoms with Gasteiger partial charge >= 0.3 is 68.7 Å².